The van der Waals surface area contributed by atoms with Crippen molar-refractivity contribution in [1.82, 2.24) is 9.78 Å². The lowest BCUT2D eigenvalue weighted by molar-refractivity contribution is 0.503. The number of anilines is 1. The maximum atomic E-state index is 12.1. The van der Waals surface area contributed by atoms with Crippen LogP contribution in [0, 0.1) is 6.92 Å². The van der Waals surface area contributed by atoms with Gasteiger partial charge in [-0.15, -0.1) is 11.3 Å². The van der Waals surface area contributed by atoms with E-state index in [0.717, 1.165) is 6.42 Å². The zero-order valence-corrected chi connectivity index (χ0v) is 14.3. The summed E-state index contributed by atoms with van der Waals surface area (Å²) in [7, 11) is 0. The SMILES string of the molecule is Cc1ccc(CC(C)Nc2cnn(C(C)C)c(=O)c2Cl)s1. The predicted octanol–water partition coefficient (Wildman–Crippen LogP) is 3.89. The Balaban J connectivity index is 2.12. The summed E-state index contributed by atoms with van der Waals surface area (Å²) >= 11 is 7.95. The second-order valence-corrected chi connectivity index (χ2v) is 7.23. The molecule has 0 saturated heterocycles. The van der Waals surface area contributed by atoms with E-state index in [2.05, 4.69) is 36.4 Å². The number of aryl methyl sites for hydroxylation is 1. The van der Waals surface area contributed by atoms with Crippen LogP contribution in [0.2, 0.25) is 5.02 Å². The Hall–Kier alpha value is -1.33. The van der Waals surface area contributed by atoms with Gasteiger partial charge in [0, 0.05) is 22.2 Å². The molecular weight excluding hydrogens is 306 g/mol. The number of thiophene rings is 1. The van der Waals surface area contributed by atoms with Crippen LogP contribution in [0.15, 0.2) is 23.1 Å². The van der Waals surface area contributed by atoms with Crippen LogP contribution in [-0.4, -0.2) is 15.8 Å². The standard InChI is InChI=1S/C15H20ClN3OS/c1-9(2)19-15(20)14(16)13(8-17-19)18-10(3)7-12-6-5-11(4)21-12/h5-6,8-10,18H,7H2,1-4H3. The van der Waals surface area contributed by atoms with Crippen LogP contribution in [0.5, 0.6) is 0 Å². The molecule has 0 aromatic carbocycles. The Morgan fingerprint density at radius 2 is 2.10 bits per heavy atom. The van der Waals surface area contributed by atoms with Crippen molar-refractivity contribution in [3.8, 4) is 0 Å². The van der Waals surface area contributed by atoms with Crippen LogP contribution in [-0.2, 0) is 6.42 Å². The van der Waals surface area contributed by atoms with Crippen LogP contribution < -0.4 is 10.9 Å². The zero-order valence-electron chi connectivity index (χ0n) is 12.7. The van der Waals surface area contributed by atoms with E-state index in [9.17, 15) is 4.79 Å². The van der Waals surface area contributed by atoms with Crippen molar-refractivity contribution >= 4 is 28.6 Å². The summed E-state index contributed by atoms with van der Waals surface area (Å²) in [5.74, 6) is 0. The first kappa shape index (κ1) is 16.0. The molecule has 1 unspecified atom stereocenters. The van der Waals surface area contributed by atoms with Gasteiger partial charge in [0.05, 0.1) is 17.9 Å². The van der Waals surface area contributed by atoms with E-state index < -0.39 is 0 Å². The number of nitrogens with zero attached hydrogens (tertiary/aromatic N) is 2. The molecule has 2 aromatic heterocycles. The zero-order chi connectivity index (χ0) is 15.6. The van der Waals surface area contributed by atoms with E-state index in [1.807, 2.05) is 13.8 Å². The van der Waals surface area contributed by atoms with Crippen molar-refractivity contribution in [2.45, 2.75) is 46.2 Å². The lowest BCUT2D eigenvalue weighted by Crippen LogP contribution is -2.27. The fourth-order valence-corrected chi connectivity index (χ4v) is 3.34. The van der Waals surface area contributed by atoms with Gasteiger partial charge in [0.15, 0.2) is 0 Å². The Morgan fingerprint density at radius 1 is 1.38 bits per heavy atom. The number of nitrogens with one attached hydrogen (secondary N) is 1. The van der Waals surface area contributed by atoms with Crippen LogP contribution in [0.4, 0.5) is 5.69 Å². The van der Waals surface area contributed by atoms with Crippen LogP contribution in [0.1, 0.15) is 36.6 Å². The Labute approximate surface area is 133 Å². The lowest BCUT2D eigenvalue weighted by Gasteiger charge is -2.16. The van der Waals surface area contributed by atoms with E-state index in [-0.39, 0.29) is 22.7 Å². The normalized spacial score (nSPS) is 12.7. The minimum absolute atomic E-state index is 0.00410. The van der Waals surface area contributed by atoms with Gasteiger partial charge in [0.1, 0.15) is 5.02 Å². The molecule has 2 aromatic rings. The number of hydrogen-bond donors (Lipinski definition) is 1. The number of aromatic nitrogens is 2. The van der Waals surface area contributed by atoms with Crippen LogP contribution in [0.25, 0.3) is 0 Å². The number of hydrogen-bond acceptors (Lipinski definition) is 4. The topological polar surface area (TPSA) is 46.9 Å². The summed E-state index contributed by atoms with van der Waals surface area (Å²) in [5.41, 5.74) is 0.343. The highest BCUT2D eigenvalue weighted by atomic mass is 35.5. The highest BCUT2D eigenvalue weighted by molar-refractivity contribution is 7.11. The molecule has 0 spiro atoms. The van der Waals surface area contributed by atoms with Gasteiger partial charge in [-0.25, -0.2) is 4.68 Å². The predicted molar refractivity (Wildman–Crippen MR) is 89.7 cm³/mol. The minimum Gasteiger partial charge on any atom is -0.380 e. The molecule has 0 fully saturated rings. The second kappa shape index (κ2) is 6.62. The van der Waals surface area contributed by atoms with Gasteiger partial charge < -0.3 is 5.32 Å². The van der Waals surface area contributed by atoms with Gasteiger partial charge >= 0.3 is 0 Å². The molecule has 0 aliphatic heterocycles. The van der Waals surface area contributed by atoms with E-state index in [0.29, 0.717) is 5.69 Å². The minimum atomic E-state index is -0.254. The second-order valence-electron chi connectivity index (χ2n) is 5.48. The molecule has 0 bridgehead atoms. The Bertz CT molecular complexity index is 678. The molecule has 4 nitrogen and oxygen atoms in total. The van der Waals surface area contributed by atoms with E-state index in [4.69, 9.17) is 11.6 Å². The van der Waals surface area contributed by atoms with Crippen molar-refractivity contribution in [1.29, 1.82) is 0 Å². The first-order chi connectivity index (χ1) is 9.88. The smallest absolute Gasteiger partial charge is 0.287 e. The van der Waals surface area contributed by atoms with Crippen LogP contribution in [0.3, 0.4) is 0 Å². The molecule has 21 heavy (non-hydrogen) atoms. The van der Waals surface area contributed by atoms with Gasteiger partial charge in [-0.1, -0.05) is 11.6 Å². The maximum Gasteiger partial charge on any atom is 0.287 e. The Morgan fingerprint density at radius 3 is 2.67 bits per heavy atom. The third-order valence-corrected chi connectivity index (χ3v) is 4.53. The van der Waals surface area contributed by atoms with Gasteiger partial charge in [-0.2, -0.15) is 5.10 Å². The van der Waals surface area contributed by atoms with Gasteiger partial charge in [0.2, 0.25) is 0 Å². The number of rotatable bonds is 5. The summed E-state index contributed by atoms with van der Waals surface area (Å²) in [6.07, 6.45) is 2.52. The summed E-state index contributed by atoms with van der Waals surface area (Å²) < 4.78 is 1.39. The summed E-state index contributed by atoms with van der Waals surface area (Å²) in [6, 6.07) is 4.42. The molecule has 2 heterocycles. The summed E-state index contributed by atoms with van der Waals surface area (Å²) in [5, 5.41) is 7.64. The molecule has 0 aliphatic rings. The molecule has 0 radical (unpaired) electrons. The molecule has 2 rings (SSSR count). The van der Waals surface area contributed by atoms with Crippen LogP contribution >= 0.6 is 22.9 Å². The fourth-order valence-electron chi connectivity index (χ4n) is 2.13. The van der Waals surface area contributed by atoms with Crippen molar-refractivity contribution < 1.29 is 0 Å². The molecule has 0 amide bonds. The van der Waals surface area contributed by atoms with Crippen molar-refractivity contribution in [3.63, 3.8) is 0 Å². The van der Waals surface area contributed by atoms with Gasteiger partial charge in [-0.3, -0.25) is 4.79 Å². The third kappa shape index (κ3) is 3.86. The molecule has 1 N–H and O–H groups in total. The average molecular weight is 326 g/mol. The van der Waals surface area contributed by atoms with Crippen molar-refractivity contribution in [3.05, 3.63) is 43.5 Å². The molecule has 1 atom stereocenters. The van der Waals surface area contributed by atoms with E-state index in [1.165, 1.54) is 14.4 Å². The van der Waals surface area contributed by atoms with E-state index in [1.54, 1.807) is 17.5 Å². The van der Waals surface area contributed by atoms with Crippen molar-refractivity contribution in [2.75, 3.05) is 5.32 Å². The van der Waals surface area contributed by atoms with Crippen molar-refractivity contribution in [2.24, 2.45) is 0 Å². The lowest BCUT2D eigenvalue weighted by atomic mass is 10.2. The largest absolute Gasteiger partial charge is 0.380 e. The first-order valence-corrected chi connectivity index (χ1v) is 8.17. The third-order valence-electron chi connectivity index (χ3n) is 3.14. The highest BCUT2D eigenvalue weighted by Gasteiger charge is 2.13. The Kier molecular flexibility index (Phi) is 5.06. The fraction of sp³-hybridized carbons (Fsp3) is 0.467. The highest BCUT2D eigenvalue weighted by Crippen LogP contribution is 2.21. The molecule has 0 aliphatic carbocycles. The first-order valence-electron chi connectivity index (χ1n) is 6.97. The average Bonchev–Trinajstić information content (AvgIpc) is 2.80. The summed E-state index contributed by atoms with van der Waals surface area (Å²) in [4.78, 5) is 14.7. The maximum absolute atomic E-state index is 12.1. The van der Waals surface area contributed by atoms with Gasteiger partial charge in [-0.05, 0) is 39.8 Å². The number of halogens is 1. The molecular formula is C15H20ClN3OS. The monoisotopic (exact) mass is 325 g/mol. The quantitative estimate of drug-likeness (QED) is 0.907. The summed E-state index contributed by atoms with van der Waals surface area (Å²) in [6.45, 7) is 7.97. The molecule has 6 heteroatoms. The molecule has 0 saturated carbocycles. The van der Waals surface area contributed by atoms with E-state index >= 15 is 0 Å². The molecule has 114 valence electrons. The van der Waals surface area contributed by atoms with Gasteiger partial charge in [0.25, 0.3) is 5.56 Å².